The number of pyridine rings is 1. The molecule has 6 rings (SSSR count). The molecule has 8 nitrogen and oxygen atoms in total. The number of carbonyl (C=O) groups is 1. The lowest BCUT2D eigenvalue weighted by Gasteiger charge is -2.16. The Morgan fingerprint density at radius 2 is 1.90 bits per heavy atom. The fourth-order valence-corrected chi connectivity index (χ4v) is 4.12. The third-order valence-electron chi connectivity index (χ3n) is 5.88. The Bertz CT molecular complexity index is 1440. The van der Waals surface area contributed by atoms with Crippen LogP contribution in [-0.4, -0.2) is 35.0 Å². The van der Waals surface area contributed by atoms with Crippen LogP contribution in [0.25, 0.3) is 22.4 Å². The van der Waals surface area contributed by atoms with Gasteiger partial charge in [0.15, 0.2) is 0 Å². The molecule has 4 heterocycles. The number of primary amides is 1. The first-order chi connectivity index (χ1) is 14.6. The van der Waals surface area contributed by atoms with Crippen LogP contribution >= 0.6 is 0 Å². The fraction of sp³-hybridized carbons (Fsp3) is 0.136. The molecule has 0 unspecified atom stereocenters. The summed E-state index contributed by atoms with van der Waals surface area (Å²) in [6, 6.07) is 10.5. The minimum absolute atomic E-state index is 0.0910. The predicted octanol–water partition coefficient (Wildman–Crippen LogP) is 2.64. The van der Waals surface area contributed by atoms with Crippen LogP contribution in [0.2, 0.25) is 0 Å². The van der Waals surface area contributed by atoms with Gasteiger partial charge in [-0.2, -0.15) is 5.10 Å². The Morgan fingerprint density at radius 3 is 2.70 bits per heavy atom. The number of imidazole rings is 1. The molecular formula is C22H17N7O. The van der Waals surface area contributed by atoms with Crippen LogP contribution in [0.3, 0.4) is 0 Å². The zero-order valence-electron chi connectivity index (χ0n) is 15.9. The monoisotopic (exact) mass is 395 g/mol. The molecule has 4 aromatic heterocycles. The highest BCUT2D eigenvalue weighted by Crippen LogP contribution is 2.53. The van der Waals surface area contributed by atoms with E-state index in [0.29, 0.717) is 11.3 Å². The van der Waals surface area contributed by atoms with E-state index in [1.807, 2.05) is 29.1 Å². The number of rotatable bonds is 4. The molecule has 1 aliphatic carbocycles. The summed E-state index contributed by atoms with van der Waals surface area (Å²) in [5, 5.41) is 5.36. The molecule has 0 radical (unpaired) electrons. The van der Waals surface area contributed by atoms with E-state index >= 15 is 0 Å². The maximum Gasteiger partial charge on any atom is 0.251 e. The second-order valence-corrected chi connectivity index (χ2v) is 7.66. The average molecular weight is 395 g/mol. The molecule has 146 valence electrons. The number of amides is 1. The van der Waals surface area contributed by atoms with Crippen LogP contribution in [0, 0.1) is 0 Å². The number of benzene rings is 1. The Morgan fingerprint density at radius 1 is 1.03 bits per heavy atom. The smallest absolute Gasteiger partial charge is 0.251 e. The summed E-state index contributed by atoms with van der Waals surface area (Å²) in [6.45, 7) is 0. The van der Waals surface area contributed by atoms with Gasteiger partial charge in [-0.25, -0.2) is 14.6 Å². The SMILES string of the molecule is NC(=O)c1cnn(-c2cnc3ncc(C4(c5ccc6ncccc6c5)CC4)n3c2)c1. The summed E-state index contributed by atoms with van der Waals surface area (Å²) in [4.78, 5) is 24.8. The number of carbonyl (C=O) groups excluding carboxylic acids is 1. The summed E-state index contributed by atoms with van der Waals surface area (Å²) < 4.78 is 3.61. The van der Waals surface area contributed by atoms with Gasteiger partial charge >= 0.3 is 0 Å². The van der Waals surface area contributed by atoms with Crippen molar-refractivity contribution in [2.75, 3.05) is 0 Å². The second-order valence-electron chi connectivity index (χ2n) is 7.66. The summed E-state index contributed by atoms with van der Waals surface area (Å²) in [5.74, 6) is 0.117. The van der Waals surface area contributed by atoms with Crippen molar-refractivity contribution in [3.8, 4) is 5.69 Å². The Hall–Kier alpha value is -4.07. The van der Waals surface area contributed by atoms with Gasteiger partial charge in [-0.05, 0) is 36.6 Å². The summed E-state index contributed by atoms with van der Waals surface area (Å²) in [7, 11) is 0. The largest absolute Gasteiger partial charge is 0.366 e. The molecule has 8 heteroatoms. The number of hydrogen-bond acceptors (Lipinski definition) is 5. The fourth-order valence-electron chi connectivity index (χ4n) is 4.12. The molecule has 1 amide bonds. The van der Waals surface area contributed by atoms with E-state index in [1.165, 1.54) is 11.8 Å². The van der Waals surface area contributed by atoms with Crippen LogP contribution in [0.1, 0.15) is 34.5 Å². The Kier molecular flexibility index (Phi) is 3.35. The molecule has 5 aromatic rings. The van der Waals surface area contributed by atoms with Crippen LogP contribution in [-0.2, 0) is 5.41 Å². The van der Waals surface area contributed by atoms with E-state index in [1.54, 1.807) is 17.1 Å². The summed E-state index contributed by atoms with van der Waals surface area (Å²) in [6.07, 6.45) is 12.5. The first-order valence-corrected chi connectivity index (χ1v) is 9.68. The van der Waals surface area contributed by atoms with Crippen molar-refractivity contribution < 1.29 is 4.79 Å². The van der Waals surface area contributed by atoms with Crippen molar-refractivity contribution in [2.24, 2.45) is 5.73 Å². The third kappa shape index (κ3) is 2.43. The highest BCUT2D eigenvalue weighted by molar-refractivity contribution is 5.92. The first kappa shape index (κ1) is 16.8. The number of fused-ring (bicyclic) bond motifs is 2. The van der Waals surface area contributed by atoms with Crippen molar-refractivity contribution in [1.29, 1.82) is 0 Å². The van der Waals surface area contributed by atoms with E-state index in [2.05, 4.69) is 44.3 Å². The lowest BCUT2D eigenvalue weighted by molar-refractivity contribution is 0.100. The molecule has 1 saturated carbocycles. The number of hydrogen-bond donors (Lipinski definition) is 1. The van der Waals surface area contributed by atoms with E-state index in [4.69, 9.17) is 5.73 Å². The lowest BCUT2D eigenvalue weighted by Crippen LogP contribution is -2.13. The second kappa shape index (κ2) is 5.96. The van der Waals surface area contributed by atoms with Crippen LogP contribution in [0.4, 0.5) is 0 Å². The van der Waals surface area contributed by atoms with Gasteiger partial charge in [-0.15, -0.1) is 0 Å². The van der Waals surface area contributed by atoms with Crippen molar-refractivity contribution in [1.82, 2.24) is 29.1 Å². The van der Waals surface area contributed by atoms with Crippen LogP contribution in [0.15, 0.2) is 67.5 Å². The van der Waals surface area contributed by atoms with Gasteiger partial charge in [0.25, 0.3) is 5.91 Å². The minimum Gasteiger partial charge on any atom is -0.366 e. The van der Waals surface area contributed by atoms with Gasteiger partial charge in [0.1, 0.15) is 0 Å². The molecule has 0 aliphatic heterocycles. The standard InChI is InChI=1S/C22H17N7O/c23-20(30)15-9-27-29(12-15)17-10-25-21-26-11-19(28(21)13-17)22(5-6-22)16-3-4-18-14(8-16)2-1-7-24-18/h1-4,7-13H,5-6H2,(H2,23,30). The van der Waals surface area contributed by atoms with Crippen molar-refractivity contribution in [3.63, 3.8) is 0 Å². The van der Waals surface area contributed by atoms with Gasteiger partial charge in [-0.3, -0.25) is 14.2 Å². The molecule has 0 spiro atoms. The Balaban J connectivity index is 1.47. The number of nitrogens with zero attached hydrogens (tertiary/aromatic N) is 6. The molecule has 30 heavy (non-hydrogen) atoms. The number of nitrogens with two attached hydrogens (primary N) is 1. The van der Waals surface area contributed by atoms with Crippen molar-refractivity contribution in [2.45, 2.75) is 18.3 Å². The first-order valence-electron chi connectivity index (χ1n) is 9.68. The van der Waals surface area contributed by atoms with E-state index in [9.17, 15) is 4.79 Å². The maximum absolute atomic E-state index is 11.4. The summed E-state index contributed by atoms with van der Waals surface area (Å²) in [5.41, 5.74) is 9.67. The topological polar surface area (TPSA) is 104 Å². The van der Waals surface area contributed by atoms with E-state index < -0.39 is 5.91 Å². The molecule has 2 N–H and O–H groups in total. The molecule has 1 aromatic carbocycles. The van der Waals surface area contributed by atoms with Gasteiger partial charge in [0, 0.05) is 29.4 Å². The zero-order valence-corrected chi connectivity index (χ0v) is 15.9. The van der Waals surface area contributed by atoms with Gasteiger partial charge in [0.2, 0.25) is 5.78 Å². The molecular weight excluding hydrogens is 378 g/mol. The molecule has 1 fully saturated rings. The highest BCUT2D eigenvalue weighted by Gasteiger charge is 2.48. The average Bonchev–Trinajstić information content (AvgIpc) is 3.22. The quantitative estimate of drug-likeness (QED) is 0.504. The van der Waals surface area contributed by atoms with Crippen LogP contribution in [0.5, 0.6) is 0 Å². The molecule has 0 atom stereocenters. The van der Waals surface area contributed by atoms with Gasteiger partial charge in [0.05, 0.1) is 41.1 Å². The molecule has 0 saturated heterocycles. The van der Waals surface area contributed by atoms with Crippen molar-refractivity contribution >= 4 is 22.6 Å². The summed E-state index contributed by atoms with van der Waals surface area (Å²) >= 11 is 0. The van der Waals surface area contributed by atoms with E-state index in [-0.39, 0.29) is 5.41 Å². The highest BCUT2D eigenvalue weighted by atomic mass is 16.1. The molecule has 1 aliphatic rings. The predicted molar refractivity (Wildman–Crippen MR) is 110 cm³/mol. The third-order valence-corrected chi connectivity index (χ3v) is 5.88. The Labute approximate surface area is 171 Å². The van der Waals surface area contributed by atoms with Crippen LogP contribution < -0.4 is 5.73 Å². The number of aromatic nitrogens is 6. The normalized spacial score (nSPS) is 14.9. The molecule has 0 bridgehead atoms. The zero-order chi connectivity index (χ0) is 20.3. The van der Waals surface area contributed by atoms with E-state index in [0.717, 1.165) is 35.1 Å². The maximum atomic E-state index is 11.4. The van der Waals surface area contributed by atoms with Gasteiger partial charge < -0.3 is 5.73 Å². The minimum atomic E-state index is -0.513. The van der Waals surface area contributed by atoms with Crippen molar-refractivity contribution in [3.05, 3.63) is 84.3 Å². The lowest BCUT2D eigenvalue weighted by atomic mass is 9.91. The van der Waals surface area contributed by atoms with Gasteiger partial charge in [-0.1, -0.05) is 12.1 Å².